The van der Waals surface area contributed by atoms with Crippen LogP contribution >= 0.6 is 11.3 Å². The van der Waals surface area contributed by atoms with Gasteiger partial charge in [-0.15, -0.1) is 11.3 Å². The fourth-order valence-electron chi connectivity index (χ4n) is 3.05. The van der Waals surface area contributed by atoms with Crippen LogP contribution < -0.4 is 10.2 Å². The Hall–Kier alpha value is -1.36. The molecule has 1 aliphatic heterocycles. The van der Waals surface area contributed by atoms with Crippen molar-refractivity contribution in [3.05, 3.63) is 23.7 Å². The Kier molecular flexibility index (Phi) is 4.35. The van der Waals surface area contributed by atoms with Gasteiger partial charge in [0.2, 0.25) is 5.91 Å². The molecular formula is C15H21N3OS. The molecule has 1 fully saturated rings. The fourth-order valence-corrected chi connectivity index (χ4v) is 3.79. The molecule has 3 rings (SSSR count). The molecule has 1 amide bonds. The highest BCUT2D eigenvalue weighted by atomic mass is 32.1. The van der Waals surface area contributed by atoms with Crippen LogP contribution in [0.2, 0.25) is 0 Å². The maximum atomic E-state index is 12.2. The number of allylic oxidation sites excluding steroid dienone is 2. The molecule has 20 heavy (non-hydrogen) atoms. The van der Waals surface area contributed by atoms with Crippen LogP contribution in [0.1, 0.15) is 32.1 Å². The Morgan fingerprint density at radius 3 is 3.15 bits per heavy atom. The SMILES string of the molecule is O=C(NC[C@H]1CCCN1c1nccs1)[C@@H]1CC=CCC1. The number of thiazole rings is 1. The van der Waals surface area contributed by atoms with E-state index in [1.807, 2.05) is 11.6 Å². The summed E-state index contributed by atoms with van der Waals surface area (Å²) in [6.07, 6.45) is 11.4. The third-order valence-corrected chi connectivity index (χ3v) is 5.00. The zero-order valence-electron chi connectivity index (χ0n) is 11.6. The molecule has 2 heterocycles. The van der Waals surface area contributed by atoms with E-state index >= 15 is 0 Å². The van der Waals surface area contributed by atoms with E-state index in [0.717, 1.165) is 43.9 Å². The van der Waals surface area contributed by atoms with E-state index in [0.29, 0.717) is 6.04 Å². The highest BCUT2D eigenvalue weighted by Gasteiger charge is 2.27. The lowest BCUT2D eigenvalue weighted by Gasteiger charge is -2.25. The van der Waals surface area contributed by atoms with Crippen molar-refractivity contribution in [2.24, 2.45) is 5.92 Å². The number of hydrogen-bond acceptors (Lipinski definition) is 4. The van der Waals surface area contributed by atoms with E-state index in [4.69, 9.17) is 0 Å². The van der Waals surface area contributed by atoms with Gasteiger partial charge < -0.3 is 10.2 Å². The maximum Gasteiger partial charge on any atom is 0.223 e. The van der Waals surface area contributed by atoms with Crippen molar-refractivity contribution in [1.29, 1.82) is 0 Å². The fraction of sp³-hybridized carbons (Fsp3) is 0.600. The number of anilines is 1. The largest absolute Gasteiger partial charge is 0.354 e. The van der Waals surface area contributed by atoms with Gasteiger partial charge in [0, 0.05) is 36.6 Å². The van der Waals surface area contributed by atoms with Crippen LogP contribution in [0.4, 0.5) is 5.13 Å². The number of amides is 1. The van der Waals surface area contributed by atoms with Crippen LogP contribution in [0.25, 0.3) is 0 Å². The second kappa shape index (κ2) is 6.39. The van der Waals surface area contributed by atoms with Gasteiger partial charge >= 0.3 is 0 Å². The molecule has 0 unspecified atom stereocenters. The molecule has 0 saturated carbocycles. The Labute approximate surface area is 123 Å². The molecule has 1 saturated heterocycles. The predicted molar refractivity (Wildman–Crippen MR) is 82.0 cm³/mol. The van der Waals surface area contributed by atoms with Crippen molar-refractivity contribution >= 4 is 22.4 Å². The van der Waals surface area contributed by atoms with Gasteiger partial charge in [-0.3, -0.25) is 4.79 Å². The Balaban J connectivity index is 1.52. The van der Waals surface area contributed by atoms with E-state index in [2.05, 4.69) is 27.4 Å². The first-order valence-corrected chi connectivity index (χ1v) is 8.31. The maximum absolute atomic E-state index is 12.2. The predicted octanol–water partition coefficient (Wildman–Crippen LogP) is 2.58. The molecule has 1 aromatic rings. The van der Waals surface area contributed by atoms with Gasteiger partial charge in [0.05, 0.1) is 0 Å². The average Bonchev–Trinajstić information content (AvgIpc) is 3.16. The van der Waals surface area contributed by atoms with Gasteiger partial charge in [-0.2, -0.15) is 0 Å². The minimum absolute atomic E-state index is 0.176. The summed E-state index contributed by atoms with van der Waals surface area (Å²) in [7, 11) is 0. The monoisotopic (exact) mass is 291 g/mol. The van der Waals surface area contributed by atoms with Crippen LogP contribution in [0.3, 0.4) is 0 Å². The second-order valence-corrected chi connectivity index (χ2v) is 6.40. The summed E-state index contributed by atoms with van der Waals surface area (Å²) in [5, 5.41) is 6.25. The quantitative estimate of drug-likeness (QED) is 0.867. The smallest absolute Gasteiger partial charge is 0.223 e. The number of hydrogen-bond donors (Lipinski definition) is 1. The zero-order valence-corrected chi connectivity index (χ0v) is 12.4. The molecule has 4 nitrogen and oxygen atoms in total. The summed E-state index contributed by atoms with van der Waals surface area (Å²) in [5.41, 5.74) is 0. The first-order chi connectivity index (χ1) is 9.84. The Morgan fingerprint density at radius 2 is 2.40 bits per heavy atom. The van der Waals surface area contributed by atoms with Crippen LogP contribution in [0.15, 0.2) is 23.7 Å². The molecule has 2 aliphatic rings. The van der Waals surface area contributed by atoms with Crippen LogP contribution in [-0.4, -0.2) is 30.0 Å². The van der Waals surface area contributed by atoms with Crippen molar-refractivity contribution in [1.82, 2.24) is 10.3 Å². The molecule has 0 aromatic carbocycles. The van der Waals surface area contributed by atoms with Gasteiger partial charge in [0.15, 0.2) is 5.13 Å². The van der Waals surface area contributed by atoms with Gasteiger partial charge in [0.25, 0.3) is 0 Å². The summed E-state index contributed by atoms with van der Waals surface area (Å²) in [6, 6.07) is 0.407. The summed E-state index contributed by atoms with van der Waals surface area (Å²) >= 11 is 1.68. The highest BCUT2D eigenvalue weighted by molar-refractivity contribution is 7.13. The number of aromatic nitrogens is 1. The number of carbonyl (C=O) groups excluding carboxylic acids is 1. The third kappa shape index (κ3) is 3.03. The third-order valence-electron chi connectivity index (χ3n) is 4.19. The van der Waals surface area contributed by atoms with Crippen molar-refractivity contribution in [2.75, 3.05) is 18.0 Å². The van der Waals surface area contributed by atoms with E-state index in [1.165, 1.54) is 6.42 Å². The van der Waals surface area contributed by atoms with Crippen LogP contribution in [0.5, 0.6) is 0 Å². The van der Waals surface area contributed by atoms with Gasteiger partial charge in [-0.25, -0.2) is 4.98 Å². The standard InChI is InChI=1S/C15H21N3OS/c19-14(12-5-2-1-3-6-12)17-11-13-7-4-9-18(13)15-16-8-10-20-15/h1-2,8,10,12-13H,3-7,9,11H2,(H,17,19)/t12-,13-/m1/s1. The lowest BCUT2D eigenvalue weighted by Crippen LogP contribution is -2.42. The van der Waals surface area contributed by atoms with E-state index in [9.17, 15) is 4.79 Å². The van der Waals surface area contributed by atoms with Gasteiger partial charge in [-0.1, -0.05) is 12.2 Å². The lowest BCUT2D eigenvalue weighted by atomic mass is 9.93. The molecule has 2 atom stereocenters. The number of rotatable bonds is 4. The van der Waals surface area contributed by atoms with Crippen LogP contribution in [0, 0.1) is 5.92 Å². The molecule has 0 radical (unpaired) electrons. The highest BCUT2D eigenvalue weighted by Crippen LogP contribution is 2.27. The molecule has 1 aromatic heterocycles. The van der Waals surface area contributed by atoms with Crippen LogP contribution in [-0.2, 0) is 4.79 Å². The minimum atomic E-state index is 0.176. The van der Waals surface area contributed by atoms with Gasteiger partial charge in [0.1, 0.15) is 0 Å². The summed E-state index contributed by atoms with van der Waals surface area (Å²) < 4.78 is 0. The number of carbonyl (C=O) groups is 1. The van der Waals surface area contributed by atoms with Crippen molar-refractivity contribution in [2.45, 2.75) is 38.1 Å². The van der Waals surface area contributed by atoms with Crippen molar-refractivity contribution in [3.63, 3.8) is 0 Å². The average molecular weight is 291 g/mol. The molecule has 1 N–H and O–H groups in total. The molecule has 1 aliphatic carbocycles. The Bertz CT molecular complexity index is 471. The normalized spacial score (nSPS) is 25.9. The topological polar surface area (TPSA) is 45.2 Å². The zero-order chi connectivity index (χ0) is 13.8. The summed E-state index contributed by atoms with van der Waals surface area (Å²) in [5.74, 6) is 0.398. The molecule has 0 spiro atoms. The molecule has 108 valence electrons. The van der Waals surface area contributed by atoms with E-state index in [-0.39, 0.29) is 11.8 Å². The Morgan fingerprint density at radius 1 is 1.45 bits per heavy atom. The van der Waals surface area contributed by atoms with Crippen molar-refractivity contribution < 1.29 is 4.79 Å². The molecular weight excluding hydrogens is 270 g/mol. The van der Waals surface area contributed by atoms with Gasteiger partial charge in [-0.05, 0) is 32.1 Å². The number of nitrogens with one attached hydrogen (secondary N) is 1. The summed E-state index contributed by atoms with van der Waals surface area (Å²) in [6.45, 7) is 1.80. The number of nitrogens with zero attached hydrogens (tertiary/aromatic N) is 2. The first kappa shape index (κ1) is 13.6. The summed E-state index contributed by atoms with van der Waals surface area (Å²) in [4.78, 5) is 18.9. The van der Waals surface area contributed by atoms with E-state index < -0.39 is 0 Å². The van der Waals surface area contributed by atoms with Crippen molar-refractivity contribution in [3.8, 4) is 0 Å². The van der Waals surface area contributed by atoms with E-state index in [1.54, 1.807) is 11.3 Å². The lowest BCUT2D eigenvalue weighted by molar-refractivity contribution is -0.125. The molecule has 5 heteroatoms. The molecule has 0 bridgehead atoms. The minimum Gasteiger partial charge on any atom is -0.354 e. The second-order valence-electron chi connectivity index (χ2n) is 5.53. The first-order valence-electron chi connectivity index (χ1n) is 7.43.